The molecular weight excluding hydrogens is 390 g/mol. The Bertz CT molecular complexity index is 1050. The van der Waals surface area contributed by atoms with Crippen LogP contribution in [0.1, 0.15) is 47.6 Å². The van der Waals surface area contributed by atoms with Crippen molar-refractivity contribution in [2.24, 2.45) is 0 Å². The van der Waals surface area contributed by atoms with Gasteiger partial charge in [-0.2, -0.15) is 0 Å². The average molecular weight is 410 g/mol. The highest BCUT2D eigenvalue weighted by molar-refractivity contribution is 7.99. The molecule has 0 spiro atoms. The molecule has 1 aliphatic rings. The highest BCUT2D eigenvalue weighted by Crippen LogP contribution is 2.42. The molecule has 1 aromatic carbocycles. The molecule has 5 rings (SSSR count). The monoisotopic (exact) mass is 409 g/mol. The second-order valence-electron chi connectivity index (χ2n) is 6.83. The highest BCUT2D eigenvalue weighted by atomic mass is 32.2. The van der Waals surface area contributed by atoms with Crippen molar-refractivity contribution in [3.05, 3.63) is 64.4 Å². The topological polar surface area (TPSA) is 69.6 Å². The summed E-state index contributed by atoms with van der Waals surface area (Å²) in [5, 5.41) is 20.5. The van der Waals surface area contributed by atoms with Crippen LogP contribution in [0, 0.1) is 0 Å². The lowest BCUT2D eigenvalue weighted by molar-refractivity contribution is 0.508. The van der Waals surface area contributed by atoms with E-state index < -0.39 is 0 Å². The van der Waals surface area contributed by atoms with Crippen molar-refractivity contribution in [2.45, 2.75) is 42.6 Å². The molecule has 3 heterocycles. The van der Waals surface area contributed by atoms with Crippen LogP contribution in [0.3, 0.4) is 0 Å². The van der Waals surface area contributed by atoms with Crippen LogP contribution >= 0.6 is 23.1 Å². The molecule has 0 amide bonds. The summed E-state index contributed by atoms with van der Waals surface area (Å²) >= 11 is 3.39. The molecule has 28 heavy (non-hydrogen) atoms. The van der Waals surface area contributed by atoms with Crippen molar-refractivity contribution in [3.8, 4) is 11.5 Å². The predicted molar refractivity (Wildman–Crippen MR) is 109 cm³/mol. The highest BCUT2D eigenvalue weighted by Gasteiger charge is 2.31. The maximum absolute atomic E-state index is 5.91. The average Bonchev–Trinajstić information content (AvgIpc) is 3.13. The van der Waals surface area contributed by atoms with Gasteiger partial charge in [-0.25, -0.2) is 0 Å². The van der Waals surface area contributed by atoms with E-state index in [4.69, 9.17) is 4.42 Å². The molecule has 0 radical (unpaired) electrons. The zero-order chi connectivity index (χ0) is 18.9. The van der Waals surface area contributed by atoms with Gasteiger partial charge >= 0.3 is 0 Å². The van der Waals surface area contributed by atoms with Gasteiger partial charge in [0.1, 0.15) is 5.82 Å². The predicted octanol–water partition coefficient (Wildman–Crippen LogP) is 5.17. The van der Waals surface area contributed by atoms with E-state index in [-0.39, 0.29) is 5.25 Å². The Balaban J connectivity index is 1.36. The molecule has 142 valence electrons. The molecule has 0 bridgehead atoms. The smallest absolute Gasteiger partial charge is 0.247 e. The summed E-state index contributed by atoms with van der Waals surface area (Å²) in [7, 11) is 0. The minimum Gasteiger partial charge on any atom is -0.419 e. The normalized spacial score (nSPS) is 15.0. The Hall–Kier alpha value is -2.45. The third-order valence-electron chi connectivity index (χ3n) is 4.65. The van der Waals surface area contributed by atoms with E-state index in [0.717, 1.165) is 23.0 Å². The molecule has 1 aliphatic carbocycles. The number of thioether (sulfide) groups is 1. The third kappa shape index (κ3) is 3.62. The fraction of sp³-hybridized carbons (Fsp3) is 0.300. The quantitative estimate of drug-likeness (QED) is 0.392. The molecular formula is C20H19N5OS2. The van der Waals surface area contributed by atoms with Gasteiger partial charge in [0.05, 0.1) is 5.25 Å². The van der Waals surface area contributed by atoms with Gasteiger partial charge in [-0.05, 0) is 43.3 Å². The lowest BCUT2D eigenvalue weighted by Crippen LogP contribution is -2.04. The molecule has 1 fully saturated rings. The van der Waals surface area contributed by atoms with Crippen LogP contribution in [0.2, 0.25) is 0 Å². The minimum atomic E-state index is 0.00116. The lowest BCUT2D eigenvalue weighted by atomic mass is 10.2. The molecule has 3 aromatic heterocycles. The van der Waals surface area contributed by atoms with E-state index >= 15 is 0 Å². The largest absolute Gasteiger partial charge is 0.419 e. The second-order valence-corrected chi connectivity index (χ2v) is 9.17. The Morgan fingerprint density at radius 2 is 1.96 bits per heavy atom. The van der Waals surface area contributed by atoms with Crippen molar-refractivity contribution in [1.82, 2.24) is 25.0 Å². The zero-order valence-corrected chi connectivity index (χ0v) is 17.0. The summed E-state index contributed by atoms with van der Waals surface area (Å²) < 4.78 is 8.21. The van der Waals surface area contributed by atoms with Crippen molar-refractivity contribution < 1.29 is 4.42 Å². The fourth-order valence-corrected chi connectivity index (χ4v) is 4.75. The first-order valence-electron chi connectivity index (χ1n) is 9.29. The molecule has 8 heteroatoms. The molecule has 0 N–H and O–H groups in total. The van der Waals surface area contributed by atoms with Gasteiger partial charge in [-0.3, -0.25) is 0 Å². The summed E-state index contributed by atoms with van der Waals surface area (Å²) in [6.07, 6.45) is 3.21. The molecule has 6 nitrogen and oxygen atoms in total. The maximum Gasteiger partial charge on any atom is 0.247 e. The van der Waals surface area contributed by atoms with Gasteiger partial charge in [0.25, 0.3) is 0 Å². The molecule has 0 aliphatic heterocycles. The van der Waals surface area contributed by atoms with E-state index in [2.05, 4.69) is 49.4 Å². The Labute approximate surface area is 171 Å². The van der Waals surface area contributed by atoms with Crippen molar-refractivity contribution >= 4 is 23.1 Å². The second kappa shape index (κ2) is 7.52. The minimum absolute atomic E-state index is 0.00116. The molecule has 1 unspecified atom stereocenters. The first-order chi connectivity index (χ1) is 13.8. The van der Waals surface area contributed by atoms with E-state index in [1.54, 1.807) is 23.1 Å². The van der Waals surface area contributed by atoms with Crippen molar-refractivity contribution in [2.75, 3.05) is 0 Å². The first kappa shape index (κ1) is 17.6. The van der Waals surface area contributed by atoms with Crippen LogP contribution in [0.15, 0.2) is 57.4 Å². The summed E-state index contributed by atoms with van der Waals surface area (Å²) in [6, 6.07) is 14.6. The van der Waals surface area contributed by atoms with Crippen LogP contribution in [-0.2, 0) is 6.42 Å². The van der Waals surface area contributed by atoms with Gasteiger partial charge in [0.15, 0.2) is 5.16 Å². The number of benzene rings is 1. The summed E-state index contributed by atoms with van der Waals surface area (Å²) in [6.45, 7) is 2.07. The van der Waals surface area contributed by atoms with Crippen LogP contribution in [-0.4, -0.2) is 25.0 Å². The number of rotatable bonds is 7. The standard InChI is InChI=1S/C20H19N5OS2/c1-13(18-22-23-19(26-18)14-6-3-2-4-7-14)28-20-24-21-17(25(20)15-9-10-15)12-16-8-5-11-27-16/h2-8,11,13,15H,9-10,12H2,1H3. The Kier molecular flexibility index (Phi) is 4.74. The maximum atomic E-state index is 5.91. The Morgan fingerprint density at radius 1 is 1.11 bits per heavy atom. The van der Waals surface area contributed by atoms with Gasteiger partial charge in [-0.1, -0.05) is 36.0 Å². The Morgan fingerprint density at radius 3 is 2.71 bits per heavy atom. The van der Waals surface area contributed by atoms with Crippen LogP contribution in [0.5, 0.6) is 0 Å². The lowest BCUT2D eigenvalue weighted by Gasteiger charge is -2.10. The van der Waals surface area contributed by atoms with Gasteiger partial charge in [0.2, 0.25) is 11.8 Å². The number of hydrogen-bond acceptors (Lipinski definition) is 7. The van der Waals surface area contributed by atoms with Gasteiger partial charge in [-0.15, -0.1) is 31.7 Å². The zero-order valence-electron chi connectivity index (χ0n) is 15.4. The molecule has 1 saturated carbocycles. The SMILES string of the molecule is CC(Sc1nnc(Cc2cccs2)n1C1CC1)c1nnc(-c2ccccc2)o1. The summed E-state index contributed by atoms with van der Waals surface area (Å²) in [5.41, 5.74) is 0.929. The van der Waals surface area contributed by atoms with E-state index in [9.17, 15) is 0 Å². The fourth-order valence-electron chi connectivity index (χ4n) is 3.08. The van der Waals surface area contributed by atoms with Crippen molar-refractivity contribution in [1.29, 1.82) is 0 Å². The van der Waals surface area contributed by atoms with E-state index in [0.29, 0.717) is 17.8 Å². The summed E-state index contributed by atoms with van der Waals surface area (Å²) in [4.78, 5) is 1.31. The van der Waals surface area contributed by atoms with E-state index in [1.165, 1.54) is 17.7 Å². The van der Waals surface area contributed by atoms with Crippen molar-refractivity contribution in [3.63, 3.8) is 0 Å². The van der Waals surface area contributed by atoms with Crippen LogP contribution < -0.4 is 0 Å². The number of aromatic nitrogens is 5. The number of thiophene rings is 1. The van der Waals surface area contributed by atoms with E-state index in [1.807, 2.05) is 30.3 Å². The first-order valence-corrected chi connectivity index (χ1v) is 11.1. The third-order valence-corrected chi connectivity index (χ3v) is 6.57. The van der Waals surface area contributed by atoms with Crippen LogP contribution in [0.4, 0.5) is 0 Å². The molecule has 0 saturated heterocycles. The molecule has 4 aromatic rings. The van der Waals surface area contributed by atoms with Gasteiger partial charge < -0.3 is 8.98 Å². The molecule has 1 atom stereocenters. The number of nitrogens with zero attached hydrogens (tertiary/aromatic N) is 5. The number of hydrogen-bond donors (Lipinski definition) is 0. The van der Waals surface area contributed by atoms with Gasteiger partial charge in [0, 0.05) is 22.9 Å². The van der Waals surface area contributed by atoms with Crippen LogP contribution in [0.25, 0.3) is 11.5 Å². The summed E-state index contributed by atoms with van der Waals surface area (Å²) in [5.74, 6) is 2.19.